The van der Waals surface area contributed by atoms with Crippen molar-refractivity contribution >= 4 is 44.8 Å². The Labute approximate surface area is 167 Å². The maximum atomic E-state index is 12.8. The summed E-state index contributed by atoms with van der Waals surface area (Å²) in [6.07, 6.45) is -0.857. The molecule has 154 valence electrons. The van der Waals surface area contributed by atoms with Gasteiger partial charge in [0.1, 0.15) is 27.6 Å². The van der Waals surface area contributed by atoms with Crippen LogP contribution in [-0.2, 0) is 19.6 Å². The van der Waals surface area contributed by atoms with Crippen molar-refractivity contribution in [1.29, 1.82) is 0 Å². The number of benzene rings is 1. The zero-order chi connectivity index (χ0) is 21.1. The highest BCUT2D eigenvalue weighted by Gasteiger charge is 2.30. The summed E-state index contributed by atoms with van der Waals surface area (Å²) in [5, 5.41) is 0. The van der Waals surface area contributed by atoms with Gasteiger partial charge >= 0.3 is 6.09 Å². The van der Waals surface area contributed by atoms with Crippen LogP contribution < -0.4 is 15.6 Å². The number of sulfonamides is 1. The standard InChI is InChI=1S/C16H23N5O5S2/c1-9(2)12(14(22)17-18-15(23)26-16(3,4)5)21-28(24,25)11-8-6-7-10-13(11)20-27-19-10/h6-9,12,21H,1-5H3,(H,17,22)(H,18,23)/t12-/m0/s1. The topological polar surface area (TPSA) is 139 Å². The fraction of sp³-hybridized carbons (Fsp3) is 0.500. The molecule has 2 amide bonds. The molecule has 2 rings (SSSR count). The summed E-state index contributed by atoms with van der Waals surface area (Å²) in [5.74, 6) is -1.13. The van der Waals surface area contributed by atoms with Gasteiger partial charge in [-0.25, -0.2) is 18.6 Å². The van der Waals surface area contributed by atoms with Gasteiger partial charge in [-0.15, -0.1) is 0 Å². The lowest BCUT2D eigenvalue weighted by Gasteiger charge is -2.23. The molecule has 3 N–H and O–H groups in total. The maximum Gasteiger partial charge on any atom is 0.426 e. The van der Waals surface area contributed by atoms with Gasteiger partial charge in [0.2, 0.25) is 10.0 Å². The monoisotopic (exact) mass is 429 g/mol. The summed E-state index contributed by atoms with van der Waals surface area (Å²) < 4.78 is 41.1. The van der Waals surface area contributed by atoms with Crippen molar-refractivity contribution in [2.75, 3.05) is 0 Å². The Hall–Kier alpha value is -2.31. The number of hydrazine groups is 1. The van der Waals surface area contributed by atoms with Gasteiger partial charge in [-0.1, -0.05) is 19.9 Å². The van der Waals surface area contributed by atoms with E-state index in [2.05, 4.69) is 24.3 Å². The summed E-state index contributed by atoms with van der Waals surface area (Å²) >= 11 is 0.897. The van der Waals surface area contributed by atoms with E-state index >= 15 is 0 Å². The Balaban J connectivity index is 2.14. The summed E-state index contributed by atoms with van der Waals surface area (Å²) in [6, 6.07) is 3.45. The number of amides is 2. The van der Waals surface area contributed by atoms with E-state index in [1.165, 1.54) is 6.07 Å². The Morgan fingerprint density at radius 3 is 2.43 bits per heavy atom. The van der Waals surface area contributed by atoms with E-state index in [0.717, 1.165) is 11.7 Å². The van der Waals surface area contributed by atoms with E-state index in [0.29, 0.717) is 5.52 Å². The molecular weight excluding hydrogens is 406 g/mol. The lowest BCUT2D eigenvalue weighted by Crippen LogP contribution is -2.54. The van der Waals surface area contributed by atoms with Crippen LogP contribution in [0.1, 0.15) is 34.6 Å². The molecule has 0 saturated heterocycles. The van der Waals surface area contributed by atoms with Crippen LogP contribution in [0.4, 0.5) is 4.79 Å². The summed E-state index contributed by atoms with van der Waals surface area (Å²) in [6.45, 7) is 8.37. The lowest BCUT2D eigenvalue weighted by atomic mass is 10.1. The zero-order valence-electron chi connectivity index (χ0n) is 16.1. The third-order valence-corrected chi connectivity index (χ3v) is 5.47. The van der Waals surface area contributed by atoms with Crippen LogP contribution in [0.25, 0.3) is 11.0 Å². The van der Waals surface area contributed by atoms with Gasteiger partial charge in [-0.05, 0) is 38.8 Å². The Bertz CT molecular complexity index is 965. The SMILES string of the molecule is CC(C)[C@H](NS(=O)(=O)c1cccc2nsnc12)C(=O)NNC(=O)OC(C)(C)C. The van der Waals surface area contributed by atoms with Crippen molar-refractivity contribution in [3.8, 4) is 0 Å². The third-order valence-electron chi connectivity index (χ3n) is 3.46. The second-order valence-electron chi connectivity index (χ2n) is 7.35. The summed E-state index contributed by atoms with van der Waals surface area (Å²) in [5.41, 5.74) is 4.22. The van der Waals surface area contributed by atoms with Gasteiger partial charge in [-0.3, -0.25) is 10.2 Å². The van der Waals surface area contributed by atoms with Crippen molar-refractivity contribution in [1.82, 2.24) is 24.3 Å². The molecule has 10 nitrogen and oxygen atoms in total. The first-order valence-electron chi connectivity index (χ1n) is 8.43. The smallest absolute Gasteiger partial charge is 0.426 e. The fourth-order valence-corrected chi connectivity index (χ4v) is 4.33. The van der Waals surface area contributed by atoms with Crippen LogP contribution in [0.2, 0.25) is 0 Å². The lowest BCUT2D eigenvalue weighted by molar-refractivity contribution is -0.124. The predicted octanol–water partition coefficient (Wildman–Crippen LogP) is 1.55. The van der Waals surface area contributed by atoms with Crippen LogP contribution in [0, 0.1) is 5.92 Å². The highest BCUT2D eigenvalue weighted by Crippen LogP contribution is 2.21. The number of ether oxygens (including phenoxy) is 1. The molecule has 0 unspecified atom stereocenters. The van der Waals surface area contributed by atoms with Crippen molar-refractivity contribution in [3.05, 3.63) is 18.2 Å². The number of fused-ring (bicyclic) bond motifs is 1. The molecule has 0 aliphatic heterocycles. The number of rotatable bonds is 5. The molecule has 0 fully saturated rings. The molecule has 1 aromatic carbocycles. The van der Waals surface area contributed by atoms with E-state index in [1.807, 2.05) is 0 Å². The molecule has 1 aromatic heterocycles. The fourth-order valence-electron chi connectivity index (χ4n) is 2.22. The normalized spacial score (nSPS) is 13.4. The van der Waals surface area contributed by atoms with Crippen molar-refractivity contribution in [2.45, 2.75) is 51.2 Å². The molecule has 1 heterocycles. The maximum absolute atomic E-state index is 12.8. The second-order valence-corrected chi connectivity index (χ2v) is 9.56. The highest BCUT2D eigenvalue weighted by molar-refractivity contribution is 7.89. The first kappa shape index (κ1) is 22.0. The van der Waals surface area contributed by atoms with Crippen LogP contribution in [0.3, 0.4) is 0 Å². The molecule has 0 bridgehead atoms. The van der Waals surface area contributed by atoms with Crippen LogP contribution >= 0.6 is 11.7 Å². The zero-order valence-corrected chi connectivity index (χ0v) is 17.8. The van der Waals surface area contributed by atoms with Gasteiger partial charge < -0.3 is 4.74 Å². The van der Waals surface area contributed by atoms with Gasteiger partial charge in [0, 0.05) is 0 Å². The minimum absolute atomic E-state index is 0.0719. The molecule has 0 radical (unpaired) electrons. The summed E-state index contributed by atoms with van der Waals surface area (Å²) in [7, 11) is -4.06. The van der Waals surface area contributed by atoms with Gasteiger partial charge in [-0.2, -0.15) is 13.5 Å². The third kappa shape index (κ3) is 5.59. The predicted molar refractivity (Wildman–Crippen MR) is 104 cm³/mol. The van der Waals surface area contributed by atoms with E-state index in [-0.39, 0.29) is 10.4 Å². The molecule has 0 saturated carbocycles. The minimum atomic E-state index is -4.06. The summed E-state index contributed by atoms with van der Waals surface area (Å²) in [4.78, 5) is 24.0. The number of nitrogens with one attached hydrogen (secondary N) is 3. The van der Waals surface area contributed by atoms with E-state index in [4.69, 9.17) is 4.74 Å². The largest absolute Gasteiger partial charge is 0.443 e. The number of nitrogens with zero attached hydrogens (tertiary/aromatic N) is 2. The number of carbonyl (C=O) groups excluding carboxylic acids is 2. The minimum Gasteiger partial charge on any atom is -0.443 e. The molecule has 0 spiro atoms. The van der Waals surface area contributed by atoms with E-state index < -0.39 is 39.6 Å². The average Bonchev–Trinajstić information content (AvgIpc) is 3.04. The van der Waals surface area contributed by atoms with Crippen LogP contribution in [-0.4, -0.2) is 40.8 Å². The van der Waals surface area contributed by atoms with Gasteiger partial charge in [0.25, 0.3) is 5.91 Å². The van der Waals surface area contributed by atoms with Crippen molar-refractivity contribution < 1.29 is 22.7 Å². The van der Waals surface area contributed by atoms with Gasteiger partial charge in [0.15, 0.2) is 0 Å². The van der Waals surface area contributed by atoms with Crippen LogP contribution in [0.5, 0.6) is 0 Å². The first-order valence-corrected chi connectivity index (χ1v) is 10.6. The average molecular weight is 430 g/mol. The number of hydrogen-bond acceptors (Lipinski definition) is 8. The Morgan fingerprint density at radius 2 is 1.82 bits per heavy atom. The Morgan fingerprint density at radius 1 is 1.14 bits per heavy atom. The van der Waals surface area contributed by atoms with Crippen molar-refractivity contribution in [2.24, 2.45) is 5.92 Å². The Kier molecular flexibility index (Phi) is 6.57. The molecule has 2 aromatic rings. The molecule has 12 heteroatoms. The van der Waals surface area contributed by atoms with E-state index in [1.54, 1.807) is 46.8 Å². The van der Waals surface area contributed by atoms with Gasteiger partial charge in [0.05, 0.1) is 11.7 Å². The molecule has 28 heavy (non-hydrogen) atoms. The van der Waals surface area contributed by atoms with E-state index in [9.17, 15) is 18.0 Å². The second kappa shape index (κ2) is 8.37. The number of carbonyl (C=O) groups is 2. The molecule has 0 aliphatic rings. The first-order chi connectivity index (χ1) is 12.9. The molecule has 1 atom stereocenters. The van der Waals surface area contributed by atoms with Crippen LogP contribution in [0.15, 0.2) is 23.1 Å². The highest BCUT2D eigenvalue weighted by atomic mass is 32.2. The number of hydrogen-bond donors (Lipinski definition) is 3. The number of aromatic nitrogens is 2. The quantitative estimate of drug-likeness (QED) is 0.613. The van der Waals surface area contributed by atoms with Crippen molar-refractivity contribution in [3.63, 3.8) is 0 Å². The molecule has 0 aliphatic carbocycles. The molecular formula is C16H23N5O5S2.